The number of aliphatic imine (C=N–C) groups is 1. The predicted octanol–water partition coefficient (Wildman–Crippen LogP) is 5.32. The second-order valence-corrected chi connectivity index (χ2v) is 7.20. The lowest BCUT2D eigenvalue weighted by atomic mass is 10.0. The summed E-state index contributed by atoms with van der Waals surface area (Å²) in [6.45, 7) is 7.76. The third kappa shape index (κ3) is 5.19. The molecular weight excluding hydrogens is 371 g/mol. The molecule has 152 valence electrons. The molecule has 0 aliphatic carbocycles. The van der Waals surface area contributed by atoms with E-state index in [1.54, 1.807) is 38.1 Å². The van der Waals surface area contributed by atoms with Gasteiger partial charge in [0.05, 0.1) is 11.3 Å². The monoisotopic (exact) mass is 396 g/mol. The van der Waals surface area contributed by atoms with Gasteiger partial charge in [0.25, 0.3) is 5.91 Å². The van der Waals surface area contributed by atoms with E-state index in [1.807, 2.05) is 0 Å². The van der Waals surface area contributed by atoms with Crippen LogP contribution in [0.4, 0.5) is 10.2 Å². The molecule has 0 bridgehead atoms. The van der Waals surface area contributed by atoms with Gasteiger partial charge in [-0.1, -0.05) is 20.3 Å². The van der Waals surface area contributed by atoms with Crippen molar-refractivity contribution in [3.8, 4) is 11.3 Å². The van der Waals surface area contributed by atoms with Crippen LogP contribution in [0.1, 0.15) is 48.6 Å². The molecule has 0 fully saturated rings. The first-order chi connectivity index (χ1) is 13.9. The van der Waals surface area contributed by atoms with Gasteiger partial charge in [-0.15, -0.1) is 0 Å². The summed E-state index contributed by atoms with van der Waals surface area (Å²) in [5, 5.41) is 10.0. The van der Waals surface area contributed by atoms with Gasteiger partial charge in [0, 0.05) is 12.5 Å². The Labute approximate surface area is 169 Å². The number of aryl methyl sites for hydroxylation is 2. The van der Waals surface area contributed by atoms with Crippen LogP contribution in [-0.2, 0) is 0 Å². The molecule has 2 N–H and O–H groups in total. The summed E-state index contributed by atoms with van der Waals surface area (Å²) in [4.78, 5) is 17.2. The standard InChI is InChI=1S/C22H25FN4O2/c1-5-13(2)10-20(25-22(28)18-11-14(3)29-15(18)4)24-21-12-19(26-27-21)16-6-8-17(23)9-7-16/h6-9,11-13H,5,10H2,1-4H3,(H2,24,25,26,27,28). The zero-order valence-electron chi connectivity index (χ0n) is 17.0. The van der Waals surface area contributed by atoms with Crippen molar-refractivity contribution < 1.29 is 13.6 Å². The van der Waals surface area contributed by atoms with Gasteiger partial charge in [0.1, 0.15) is 23.2 Å². The van der Waals surface area contributed by atoms with Crippen LogP contribution in [-0.4, -0.2) is 21.9 Å². The molecule has 3 aromatic rings. The van der Waals surface area contributed by atoms with Crippen molar-refractivity contribution in [3.05, 3.63) is 59.3 Å². The fraction of sp³-hybridized carbons (Fsp3) is 0.318. The van der Waals surface area contributed by atoms with E-state index in [1.165, 1.54) is 12.1 Å². The highest BCUT2D eigenvalue weighted by atomic mass is 19.1. The summed E-state index contributed by atoms with van der Waals surface area (Å²) >= 11 is 0. The molecule has 0 aliphatic heterocycles. The summed E-state index contributed by atoms with van der Waals surface area (Å²) < 4.78 is 18.6. The lowest BCUT2D eigenvalue weighted by molar-refractivity contribution is 0.0974. The van der Waals surface area contributed by atoms with Crippen molar-refractivity contribution >= 4 is 17.6 Å². The molecule has 1 atom stereocenters. The average Bonchev–Trinajstić information content (AvgIpc) is 3.28. The summed E-state index contributed by atoms with van der Waals surface area (Å²) in [6.07, 6.45) is 1.57. The minimum atomic E-state index is -0.296. The number of nitrogens with one attached hydrogen (secondary N) is 2. The number of benzene rings is 1. The van der Waals surface area contributed by atoms with Gasteiger partial charge >= 0.3 is 0 Å². The normalized spacial score (nSPS) is 12.8. The maximum atomic E-state index is 13.1. The van der Waals surface area contributed by atoms with Gasteiger partial charge in [-0.05, 0) is 55.7 Å². The third-order valence-electron chi connectivity index (χ3n) is 4.75. The van der Waals surface area contributed by atoms with Crippen LogP contribution in [0.5, 0.6) is 0 Å². The van der Waals surface area contributed by atoms with Crippen molar-refractivity contribution in [1.29, 1.82) is 0 Å². The molecular formula is C22H25FN4O2. The van der Waals surface area contributed by atoms with Gasteiger partial charge < -0.3 is 9.73 Å². The highest BCUT2D eigenvalue weighted by Gasteiger charge is 2.17. The van der Waals surface area contributed by atoms with E-state index in [9.17, 15) is 9.18 Å². The molecule has 7 heteroatoms. The van der Waals surface area contributed by atoms with Crippen LogP contribution >= 0.6 is 0 Å². The average molecular weight is 396 g/mol. The fourth-order valence-electron chi connectivity index (χ4n) is 2.94. The Morgan fingerprint density at radius 3 is 2.62 bits per heavy atom. The molecule has 2 heterocycles. The Hall–Kier alpha value is -3.22. The number of aromatic nitrogens is 2. The van der Waals surface area contributed by atoms with Crippen molar-refractivity contribution in [1.82, 2.24) is 15.5 Å². The first-order valence-electron chi connectivity index (χ1n) is 9.63. The molecule has 0 radical (unpaired) electrons. The molecule has 0 aliphatic rings. The first-order valence-corrected chi connectivity index (χ1v) is 9.63. The molecule has 1 unspecified atom stereocenters. The minimum Gasteiger partial charge on any atom is -0.466 e. The van der Waals surface area contributed by atoms with E-state index in [4.69, 9.17) is 4.42 Å². The fourth-order valence-corrected chi connectivity index (χ4v) is 2.94. The quantitative estimate of drug-likeness (QED) is 0.437. The number of amidine groups is 1. The Bertz CT molecular complexity index is 1020. The molecule has 0 saturated carbocycles. The smallest absolute Gasteiger partial charge is 0.260 e. The van der Waals surface area contributed by atoms with E-state index in [2.05, 4.69) is 34.4 Å². The van der Waals surface area contributed by atoms with Crippen molar-refractivity contribution in [2.75, 3.05) is 0 Å². The number of carbonyl (C=O) groups is 1. The number of nitrogens with zero attached hydrogens (tertiary/aromatic N) is 2. The number of H-pyrrole nitrogens is 1. The van der Waals surface area contributed by atoms with Crippen LogP contribution in [0.15, 0.2) is 45.8 Å². The zero-order chi connectivity index (χ0) is 21.0. The van der Waals surface area contributed by atoms with Gasteiger partial charge in [-0.3, -0.25) is 9.89 Å². The Morgan fingerprint density at radius 2 is 2.00 bits per heavy atom. The van der Waals surface area contributed by atoms with Crippen LogP contribution in [0.3, 0.4) is 0 Å². The van der Waals surface area contributed by atoms with Crippen LogP contribution in [0.25, 0.3) is 11.3 Å². The third-order valence-corrected chi connectivity index (χ3v) is 4.75. The Balaban J connectivity index is 1.84. The number of rotatable bonds is 6. The van der Waals surface area contributed by atoms with E-state index in [0.717, 1.165) is 17.7 Å². The first kappa shape index (κ1) is 20.5. The SMILES string of the molecule is CCC(C)CC(=Nc1cc(-c2ccc(F)cc2)[nH]n1)NC(=O)c1cc(C)oc1C. The molecule has 0 saturated heterocycles. The van der Waals surface area contributed by atoms with E-state index in [0.29, 0.717) is 41.1 Å². The van der Waals surface area contributed by atoms with Crippen molar-refractivity contribution in [2.24, 2.45) is 10.9 Å². The largest absolute Gasteiger partial charge is 0.466 e. The Kier molecular flexibility index (Phi) is 6.26. The van der Waals surface area contributed by atoms with Crippen molar-refractivity contribution in [3.63, 3.8) is 0 Å². The number of hydrogen-bond acceptors (Lipinski definition) is 4. The number of halogens is 1. The molecule has 3 rings (SSSR count). The van der Waals surface area contributed by atoms with E-state index < -0.39 is 0 Å². The molecule has 0 spiro atoms. The second kappa shape index (κ2) is 8.86. The highest BCUT2D eigenvalue weighted by Crippen LogP contribution is 2.22. The number of aromatic amines is 1. The second-order valence-electron chi connectivity index (χ2n) is 7.20. The van der Waals surface area contributed by atoms with Gasteiger partial charge in [0.2, 0.25) is 0 Å². The van der Waals surface area contributed by atoms with Crippen LogP contribution in [0, 0.1) is 25.6 Å². The number of amides is 1. The molecule has 2 aromatic heterocycles. The molecule has 1 amide bonds. The van der Waals surface area contributed by atoms with Gasteiger partial charge in [-0.2, -0.15) is 5.10 Å². The number of hydrogen-bond donors (Lipinski definition) is 2. The lowest BCUT2D eigenvalue weighted by Crippen LogP contribution is -2.31. The van der Waals surface area contributed by atoms with Gasteiger partial charge in [0.15, 0.2) is 5.82 Å². The highest BCUT2D eigenvalue weighted by molar-refractivity contribution is 6.07. The maximum absolute atomic E-state index is 13.1. The Morgan fingerprint density at radius 1 is 1.28 bits per heavy atom. The predicted molar refractivity (Wildman–Crippen MR) is 111 cm³/mol. The van der Waals surface area contributed by atoms with E-state index >= 15 is 0 Å². The summed E-state index contributed by atoms with van der Waals surface area (Å²) in [6, 6.07) is 9.60. The topological polar surface area (TPSA) is 83.3 Å². The van der Waals surface area contributed by atoms with Crippen LogP contribution in [0.2, 0.25) is 0 Å². The number of carbonyl (C=O) groups excluding carboxylic acids is 1. The molecule has 6 nitrogen and oxygen atoms in total. The summed E-state index contributed by atoms with van der Waals surface area (Å²) in [5.74, 6) is 2.04. The lowest BCUT2D eigenvalue weighted by Gasteiger charge is -2.12. The summed E-state index contributed by atoms with van der Waals surface area (Å²) in [7, 11) is 0. The minimum absolute atomic E-state index is 0.254. The molecule has 29 heavy (non-hydrogen) atoms. The van der Waals surface area contributed by atoms with Crippen LogP contribution < -0.4 is 5.32 Å². The zero-order valence-corrected chi connectivity index (χ0v) is 17.0. The van der Waals surface area contributed by atoms with E-state index in [-0.39, 0.29) is 11.7 Å². The molecule has 1 aromatic carbocycles. The van der Waals surface area contributed by atoms with Gasteiger partial charge in [-0.25, -0.2) is 9.38 Å². The van der Waals surface area contributed by atoms with Crippen molar-refractivity contribution in [2.45, 2.75) is 40.5 Å². The summed E-state index contributed by atoms with van der Waals surface area (Å²) in [5.41, 5.74) is 2.02. The number of furan rings is 1. The maximum Gasteiger partial charge on any atom is 0.260 e.